The average molecular weight is 409 g/mol. The van der Waals surface area contributed by atoms with Gasteiger partial charge in [0.2, 0.25) is 0 Å². The van der Waals surface area contributed by atoms with Crippen LogP contribution in [0.5, 0.6) is 0 Å². The van der Waals surface area contributed by atoms with Gasteiger partial charge < -0.3 is 4.74 Å². The number of rotatable bonds is 10. The lowest BCUT2D eigenvalue weighted by molar-refractivity contribution is 0.148. The van der Waals surface area contributed by atoms with Crippen LogP contribution in [0, 0.1) is 17.8 Å². The van der Waals surface area contributed by atoms with Crippen molar-refractivity contribution in [2.24, 2.45) is 17.8 Å². The first-order valence-corrected chi connectivity index (χ1v) is 12.7. The number of allylic oxidation sites excluding steroid dienone is 3. The van der Waals surface area contributed by atoms with Crippen molar-refractivity contribution in [3.05, 3.63) is 59.7 Å². The summed E-state index contributed by atoms with van der Waals surface area (Å²) in [5, 5.41) is 0. The molecule has 0 saturated heterocycles. The molecule has 30 heavy (non-hydrogen) atoms. The SMILES string of the molecule is CC=CCOCc1ccc(C2CCC(CCC3CCC(C/C=C/C)CC3)CC2)cc1. The first-order chi connectivity index (χ1) is 14.8. The third kappa shape index (κ3) is 7.73. The molecule has 0 unspecified atom stereocenters. The van der Waals surface area contributed by atoms with Crippen LogP contribution in [0.2, 0.25) is 0 Å². The van der Waals surface area contributed by atoms with Gasteiger partial charge in [-0.25, -0.2) is 0 Å². The Balaban J connectivity index is 1.32. The molecule has 0 aromatic heterocycles. The summed E-state index contributed by atoms with van der Waals surface area (Å²) in [6.45, 7) is 5.61. The molecule has 0 N–H and O–H groups in total. The van der Waals surface area contributed by atoms with Gasteiger partial charge in [0.25, 0.3) is 0 Å². The number of ether oxygens (including phenoxy) is 1. The normalized spacial score (nSPS) is 27.8. The maximum Gasteiger partial charge on any atom is 0.0721 e. The standard InChI is InChI=1S/C29H44O/c1-3-5-7-24-8-10-25(11-9-24)12-13-26-14-18-28(19-15-26)29-20-16-27(17-21-29)23-30-22-6-4-2/h3-6,16-17,20-21,24-26,28H,7-15,18-19,22-23H2,1-2H3/b5-3+,6-4?. The first kappa shape index (κ1) is 23.3. The average Bonchev–Trinajstić information content (AvgIpc) is 2.81. The fourth-order valence-electron chi connectivity index (χ4n) is 5.57. The monoisotopic (exact) mass is 408 g/mol. The van der Waals surface area contributed by atoms with Crippen LogP contribution in [0.4, 0.5) is 0 Å². The van der Waals surface area contributed by atoms with Gasteiger partial charge >= 0.3 is 0 Å². The summed E-state index contributed by atoms with van der Waals surface area (Å²) < 4.78 is 5.67. The molecule has 1 heteroatoms. The second-order valence-corrected chi connectivity index (χ2v) is 9.81. The van der Waals surface area contributed by atoms with Gasteiger partial charge in [-0.05, 0) is 93.6 Å². The molecule has 0 radical (unpaired) electrons. The lowest BCUT2D eigenvalue weighted by Gasteiger charge is -2.32. The zero-order chi connectivity index (χ0) is 21.0. The van der Waals surface area contributed by atoms with Gasteiger partial charge in [0.15, 0.2) is 0 Å². The maximum atomic E-state index is 5.67. The van der Waals surface area contributed by atoms with Crippen LogP contribution < -0.4 is 0 Å². The van der Waals surface area contributed by atoms with E-state index in [1.54, 1.807) is 5.56 Å². The third-order valence-electron chi connectivity index (χ3n) is 7.67. The van der Waals surface area contributed by atoms with E-state index < -0.39 is 0 Å². The fraction of sp³-hybridized carbons (Fsp3) is 0.655. The summed E-state index contributed by atoms with van der Waals surface area (Å²) in [5.74, 6) is 3.76. The molecule has 1 aromatic rings. The number of hydrogen-bond acceptors (Lipinski definition) is 1. The van der Waals surface area contributed by atoms with Crippen LogP contribution in [-0.2, 0) is 11.3 Å². The van der Waals surface area contributed by atoms with Crippen molar-refractivity contribution in [3.63, 3.8) is 0 Å². The topological polar surface area (TPSA) is 9.23 Å². The maximum absolute atomic E-state index is 5.67. The molecule has 166 valence electrons. The highest BCUT2D eigenvalue weighted by Crippen LogP contribution is 2.40. The van der Waals surface area contributed by atoms with Crippen molar-refractivity contribution in [2.75, 3.05) is 6.61 Å². The minimum absolute atomic E-state index is 0.708. The summed E-state index contributed by atoms with van der Waals surface area (Å²) in [4.78, 5) is 0. The van der Waals surface area contributed by atoms with E-state index in [4.69, 9.17) is 4.74 Å². The van der Waals surface area contributed by atoms with Gasteiger partial charge in [0.05, 0.1) is 13.2 Å². The van der Waals surface area contributed by atoms with E-state index in [2.05, 4.69) is 49.4 Å². The lowest BCUT2D eigenvalue weighted by atomic mass is 9.74. The second-order valence-electron chi connectivity index (χ2n) is 9.81. The predicted octanol–water partition coefficient (Wildman–Crippen LogP) is 8.61. The van der Waals surface area contributed by atoms with Gasteiger partial charge in [0, 0.05) is 0 Å². The molecule has 0 bridgehead atoms. The van der Waals surface area contributed by atoms with E-state index in [0.29, 0.717) is 13.2 Å². The third-order valence-corrected chi connectivity index (χ3v) is 7.67. The Morgan fingerprint density at radius 2 is 1.30 bits per heavy atom. The second kappa shape index (κ2) is 13.2. The molecular formula is C29H44O. The Kier molecular flexibility index (Phi) is 10.2. The molecule has 0 aliphatic heterocycles. The molecule has 0 heterocycles. The van der Waals surface area contributed by atoms with Gasteiger partial charge in [-0.1, -0.05) is 74.3 Å². The van der Waals surface area contributed by atoms with Crippen LogP contribution in [-0.4, -0.2) is 6.61 Å². The van der Waals surface area contributed by atoms with E-state index in [0.717, 1.165) is 23.7 Å². The van der Waals surface area contributed by atoms with Crippen molar-refractivity contribution < 1.29 is 4.74 Å². The molecule has 2 saturated carbocycles. The molecule has 2 aliphatic rings. The van der Waals surface area contributed by atoms with Gasteiger partial charge in [-0.15, -0.1) is 0 Å². The summed E-state index contributed by atoms with van der Waals surface area (Å²) in [7, 11) is 0. The van der Waals surface area contributed by atoms with E-state index >= 15 is 0 Å². The minimum atomic E-state index is 0.708. The zero-order valence-electron chi connectivity index (χ0n) is 19.5. The van der Waals surface area contributed by atoms with Gasteiger partial charge in [-0.2, -0.15) is 0 Å². The first-order valence-electron chi connectivity index (χ1n) is 12.7. The Bertz CT molecular complexity index is 625. The van der Waals surface area contributed by atoms with E-state index in [1.165, 1.54) is 76.2 Å². The Hall–Kier alpha value is -1.34. The largest absolute Gasteiger partial charge is 0.373 e. The smallest absolute Gasteiger partial charge is 0.0721 e. The van der Waals surface area contributed by atoms with Crippen LogP contribution in [0.1, 0.15) is 102 Å². The number of benzene rings is 1. The predicted molar refractivity (Wildman–Crippen MR) is 130 cm³/mol. The van der Waals surface area contributed by atoms with E-state index in [9.17, 15) is 0 Å². The molecule has 0 spiro atoms. The minimum Gasteiger partial charge on any atom is -0.373 e. The lowest BCUT2D eigenvalue weighted by Crippen LogP contribution is -2.17. The van der Waals surface area contributed by atoms with Gasteiger partial charge in [0.1, 0.15) is 0 Å². The zero-order valence-corrected chi connectivity index (χ0v) is 19.5. The van der Waals surface area contributed by atoms with E-state index in [-0.39, 0.29) is 0 Å². The highest BCUT2D eigenvalue weighted by Gasteiger charge is 2.25. The quantitative estimate of drug-likeness (QED) is 0.278. The van der Waals surface area contributed by atoms with Gasteiger partial charge in [-0.3, -0.25) is 0 Å². The summed E-state index contributed by atoms with van der Waals surface area (Å²) >= 11 is 0. The van der Waals surface area contributed by atoms with Crippen molar-refractivity contribution >= 4 is 0 Å². The van der Waals surface area contributed by atoms with Crippen molar-refractivity contribution in [2.45, 2.75) is 97.0 Å². The van der Waals surface area contributed by atoms with Crippen LogP contribution in [0.15, 0.2) is 48.6 Å². The molecule has 1 aromatic carbocycles. The van der Waals surface area contributed by atoms with Crippen LogP contribution in [0.3, 0.4) is 0 Å². The fourth-order valence-corrected chi connectivity index (χ4v) is 5.57. The van der Waals surface area contributed by atoms with Crippen LogP contribution in [0.25, 0.3) is 0 Å². The molecular weight excluding hydrogens is 364 g/mol. The molecule has 1 nitrogen and oxygen atoms in total. The summed E-state index contributed by atoms with van der Waals surface area (Å²) in [5.41, 5.74) is 2.84. The Morgan fingerprint density at radius 1 is 0.733 bits per heavy atom. The molecule has 2 aliphatic carbocycles. The molecule has 3 rings (SSSR count). The van der Waals surface area contributed by atoms with Crippen molar-refractivity contribution in [1.82, 2.24) is 0 Å². The molecule has 2 fully saturated rings. The Morgan fingerprint density at radius 3 is 1.90 bits per heavy atom. The highest BCUT2D eigenvalue weighted by molar-refractivity contribution is 5.25. The number of hydrogen-bond donors (Lipinski definition) is 0. The van der Waals surface area contributed by atoms with Crippen molar-refractivity contribution in [3.8, 4) is 0 Å². The summed E-state index contributed by atoms with van der Waals surface area (Å²) in [6, 6.07) is 9.24. The van der Waals surface area contributed by atoms with Crippen LogP contribution >= 0.6 is 0 Å². The Labute approximate surface area is 186 Å². The highest BCUT2D eigenvalue weighted by atomic mass is 16.5. The molecule has 0 amide bonds. The molecule has 0 atom stereocenters. The van der Waals surface area contributed by atoms with Crippen molar-refractivity contribution in [1.29, 1.82) is 0 Å². The van der Waals surface area contributed by atoms with E-state index in [1.807, 2.05) is 13.0 Å². The summed E-state index contributed by atoms with van der Waals surface area (Å²) in [6.07, 6.45) is 24.6.